The number of nitrogens with zero attached hydrogens (tertiary/aromatic N) is 4. The number of anilines is 1. The summed E-state index contributed by atoms with van der Waals surface area (Å²) in [6, 6.07) is 14.1. The van der Waals surface area contributed by atoms with Gasteiger partial charge in [0.1, 0.15) is 33.9 Å². The number of aromatic nitrogens is 1. The van der Waals surface area contributed by atoms with Gasteiger partial charge in [-0.15, -0.1) is 11.3 Å². The van der Waals surface area contributed by atoms with Crippen molar-refractivity contribution in [2.75, 3.05) is 30.3 Å². The molecule has 15 nitrogen and oxygen atoms in total. The van der Waals surface area contributed by atoms with Crippen molar-refractivity contribution in [3.8, 4) is 11.8 Å². The van der Waals surface area contributed by atoms with Crippen LogP contribution in [0.5, 0.6) is 5.75 Å². The summed E-state index contributed by atoms with van der Waals surface area (Å²) in [4.78, 5) is 19.0. The fourth-order valence-electron chi connectivity index (χ4n) is 11.1. The predicted octanol–water partition coefficient (Wildman–Crippen LogP) is 9.51. The van der Waals surface area contributed by atoms with Gasteiger partial charge in [-0.1, -0.05) is 49.6 Å². The number of hydrogen-bond acceptors (Lipinski definition) is 12. The number of ketones is 1. The summed E-state index contributed by atoms with van der Waals surface area (Å²) in [6.07, 6.45) is 18.5. The second kappa shape index (κ2) is 20.6. The molecule has 1 aromatic heterocycles. The Morgan fingerprint density at radius 3 is 2.24 bits per heavy atom. The molecule has 0 saturated carbocycles. The van der Waals surface area contributed by atoms with E-state index in [0.717, 1.165) is 76.2 Å². The maximum absolute atomic E-state index is 13.0. The van der Waals surface area contributed by atoms with Crippen LogP contribution in [0.1, 0.15) is 125 Å². The van der Waals surface area contributed by atoms with Crippen LogP contribution in [0.15, 0.2) is 88.3 Å². The molecular weight excluding hydrogens is 973 g/mol. The molecule has 0 radical (unpaired) electrons. The van der Waals surface area contributed by atoms with Gasteiger partial charge in [-0.2, -0.15) is 35.1 Å². The molecule has 0 saturated heterocycles. The van der Waals surface area contributed by atoms with Crippen molar-refractivity contribution in [1.82, 2.24) is 4.98 Å². The predicted molar refractivity (Wildman–Crippen MR) is 269 cm³/mol. The van der Waals surface area contributed by atoms with Crippen molar-refractivity contribution in [3.05, 3.63) is 106 Å². The fraction of sp³-hybridized carbons (Fsp3) is 0.451. The number of nitriles is 1. The average Bonchev–Trinajstić information content (AvgIpc) is 3.91. The Kier molecular flexibility index (Phi) is 15.1. The van der Waals surface area contributed by atoms with Gasteiger partial charge in [0.05, 0.1) is 33.6 Å². The van der Waals surface area contributed by atoms with Gasteiger partial charge in [-0.25, -0.2) is 4.98 Å². The second-order valence-electron chi connectivity index (χ2n) is 19.1. The quantitative estimate of drug-likeness (QED) is 0.0288. The van der Waals surface area contributed by atoms with Crippen LogP contribution in [0.3, 0.4) is 0 Å². The molecule has 2 atom stereocenters. The molecule has 0 spiro atoms. The zero-order valence-corrected chi connectivity index (χ0v) is 42.7. The van der Waals surface area contributed by atoms with Crippen LogP contribution in [0.2, 0.25) is 0 Å². The molecule has 19 heteroatoms. The number of aryl methyl sites for hydroxylation is 2. The number of fused-ring (bicyclic) bond motifs is 1. The van der Waals surface area contributed by atoms with E-state index in [0.29, 0.717) is 99.4 Å². The first-order chi connectivity index (χ1) is 33.2. The Morgan fingerprint density at radius 2 is 1.51 bits per heavy atom. The van der Waals surface area contributed by atoms with Crippen molar-refractivity contribution in [1.29, 1.82) is 5.26 Å². The summed E-state index contributed by atoms with van der Waals surface area (Å²) in [5, 5.41) is 9.53. The molecule has 4 aromatic rings. The van der Waals surface area contributed by atoms with E-state index in [-0.39, 0.29) is 22.0 Å². The second-order valence-corrected chi connectivity index (χ2v) is 24.5. The van der Waals surface area contributed by atoms with E-state index in [1.807, 2.05) is 62.4 Å². The third-order valence-corrected chi connectivity index (χ3v) is 17.8. The number of Topliss-reactive ketones (excluding diaryl/α,β-unsaturated/α-hetero) is 1. The molecule has 5 heterocycles. The number of unbranched alkanes of at least 4 members (excludes halogenated alkanes) is 4. The molecule has 2 unspecified atom stereocenters. The number of ether oxygens (including phenoxy) is 1. The van der Waals surface area contributed by atoms with Gasteiger partial charge in [0.25, 0.3) is 30.4 Å². The Bertz CT molecular complexity index is 3240. The van der Waals surface area contributed by atoms with E-state index in [4.69, 9.17) is 10.00 Å². The Balaban J connectivity index is 0.967. The van der Waals surface area contributed by atoms with Crippen LogP contribution in [0.4, 0.5) is 11.4 Å². The number of carbonyl (C=O) groups excluding carboxylic acids is 1. The minimum absolute atomic E-state index is 0.109. The fourth-order valence-corrected chi connectivity index (χ4v) is 14.1. The summed E-state index contributed by atoms with van der Waals surface area (Å²) in [7, 11) is -13.4. The van der Waals surface area contributed by atoms with Crippen LogP contribution in [-0.4, -0.2) is 85.4 Å². The van der Waals surface area contributed by atoms with Crippen LogP contribution in [0, 0.1) is 11.3 Å². The Morgan fingerprint density at radius 1 is 0.829 bits per heavy atom. The summed E-state index contributed by atoms with van der Waals surface area (Å²) in [5.74, 6) is 0.445. The highest BCUT2D eigenvalue weighted by Crippen LogP contribution is 2.56. The molecule has 8 rings (SSSR count). The van der Waals surface area contributed by atoms with E-state index in [1.54, 1.807) is 12.1 Å². The van der Waals surface area contributed by atoms with Gasteiger partial charge >= 0.3 is 0 Å². The molecule has 4 aliphatic heterocycles. The molecule has 3 aromatic carbocycles. The lowest BCUT2D eigenvalue weighted by atomic mass is 9.74. The highest BCUT2D eigenvalue weighted by molar-refractivity contribution is 7.86. The first kappa shape index (κ1) is 51.3. The number of carbonyl (C=O) groups is 1. The van der Waals surface area contributed by atoms with Crippen molar-refractivity contribution in [2.24, 2.45) is 0 Å². The topological polar surface area (TPSA) is 232 Å². The van der Waals surface area contributed by atoms with Crippen LogP contribution in [-0.2, 0) is 58.8 Å². The van der Waals surface area contributed by atoms with Crippen LogP contribution in [0.25, 0.3) is 10.2 Å². The maximum atomic E-state index is 13.0. The van der Waals surface area contributed by atoms with Gasteiger partial charge in [-0.3, -0.25) is 18.5 Å². The first-order valence-corrected chi connectivity index (χ1v) is 29.2. The van der Waals surface area contributed by atoms with Gasteiger partial charge in [0.15, 0.2) is 10.7 Å². The van der Waals surface area contributed by atoms with E-state index in [1.165, 1.54) is 23.5 Å². The number of rotatable bonds is 22. The lowest BCUT2D eigenvalue weighted by Crippen LogP contribution is -2.32. The summed E-state index contributed by atoms with van der Waals surface area (Å²) in [6.45, 7) is 5.66. The number of thiazole rings is 1. The molecule has 0 fully saturated rings. The molecule has 0 bridgehead atoms. The van der Waals surface area contributed by atoms with Crippen molar-refractivity contribution < 1.29 is 53.0 Å². The molecular formula is C51H59N4O11S4+. The average molecular weight is 1030 g/mol. The lowest BCUT2D eigenvalue weighted by molar-refractivity contribution is -0.443. The van der Waals surface area contributed by atoms with Gasteiger partial charge < -0.3 is 9.64 Å². The highest BCUT2D eigenvalue weighted by atomic mass is 32.2. The summed E-state index contributed by atoms with van der Waals surface area (Å²) >= 11 is 1.32. The summed E-state index contributed by atoms with van der Waals surface area (Å²) < 4.78 is 114. The summed E-state index contributed by atoms with van der Waals surface area (Å²) in [5.41, 5.74) is 5.29. The normalized spacial score (nSPS) is 20.5. The van der Waals surface area contributed by atoms with Crippen molar-refractivity contribution >= 4 is 74.8 Å². The largest absolute Gasteiger partial charge is 0.494 e. The highest BCUT2D eigenvalue weighted by Gasteiger charge is 2.52. The minimum Gasteiger partial charge on any atom is -0.494 e. The Labute approximate surface area is 414 Å². The third kappa shape index (κ3) is 10.7. The van der Waals surface area contributed by atoms with E-state index < -0.39 is 46.9 Å². The Hall–Kier alpha value is -5.07. The van der Waals surface area contributed by atoms with Crippen molar-refractivity contribution in [3.63, 3.8) is 0 Å². The SMILES string of the molecule is CC1(CCCCS(=O)(=O)O)C(=CC=CC=CC2=[N+]3CCCc4ccc(S(=O)(=O)O)c(c43)C2(C)CCCCCC(=O)CCCCOc2ccc3nc(C#N)sc3c2)N2CCCc3ccc(S(=O)(=O)O)c1c32. The molecule has 3 N–H and O–H groups in total. The smallest absolute Gasteiger partial charge is 0.295 e. The van der Waals surface area contributed by atoms with Crippen LogP contribution >= 0.6 is 11.3 Å². The monoisotopic (exact) mass is 1030 g/mol. The number of benzene rings is 3. The van der Waals surface area contributed by atoms with E-state index >= 15 is 0 Å². The van der Waals surface area contributed by atoms with Crippen LogP contribution < -0.4 is 9.64 Å². The zero-order valence-electron chi connectivity index (χ0n) is 39.4. The van der Waals surface area contributed by atoms with E-state index in [9.17, 15) is 43.7 Å². The lowest BCUT2D eigenvalue weighted by Gasteiger charge is -2.32. The molecule has 0 amide bonds. The van der Waals surface area contributed by atoms with E-state index in [2.05, 4.69) is 20.5 Å². The standard InChI is InChI=1S/C51H58N4O11S4/c1-50(27-9-4-5-17-37(56)18-8-11-31-66-38-23-24-39-40(33-38)67-45(34-52)53-39)43(54-29-13-15-35-21-25-41(69(60,61)62)46(50)48(35)54)19-6-3-7-20-44-51(2,28-10-12-32-68(57,58)59)47-42(70(63,64)65)26-22-36-16-14-30-55(44)49(36)47/h3,6-7,19-26,33H,4-5,8-18,27-32H2,1-2H3,(H2-,57,58,59,60,61,62,63,64,65)/p+1. The van der Waals surface area contributed by atoms with Crippen molar-refractivity contribution in [2.45, 2.75) is 131 Å². The number of hydrogen-bond donors (Lipinski definition) is 3. The van der Waals surface area contributed by atoms with Gasteiger partial charge in [0.2, 0.25) is 5.69 Å². The molecule has 0 aliphatic carbocycles. The maximum Gasteiger partial charge on any atom is 0.295 e. The minimum atomic E-state index is -4.63. The van der Waals surface area contributed by atoms with Gasteiger partial charge in [-0.05, 0) is 114 Å². The third-order valence-electron chi connectivity index (χ3n) is 14.3. The first-order valence-electron chi connectivity index (χ1n) is 23.9. The molecule has 372 valence electrons. The molecule has 70 heavy (non-hydrogen) atoms. The zero-order chi connectivity index (χ0) is 50.1. The van der Waals surface area contributed by atoms with Gasteiger partial charge in [0, 0.05) is 59.8 Å². The number of allylic oxidation sites excluding steroid dienone is 6. The molecule has 4 aliphatic rings.